The summed E-state index contributed by atoms with van der Waals surface area (Å²) >= 11 is 1.71. The van der Waals surface area contributed by atoms with Crippen LogP contribution in [0.25, 0.3) is 0 Å². The van der Waals surface area contributed by atoms with Crippen molar-refractivity contribution >= 4 is 16.5 Å². The topological polar surface area (TPSA) is 28.2 Å². The minimum Gasteiger partial charge on any atom is -0.347 e. The maximum Gasteiger partial charge on any atom is 0.185 e. The van der Waals surface area contributed by atoms with E-state index in [1.165, 1.54) is 11.1 Å². The highest BCUT2D eigenvalue weighted by Crippen LogP contribution is 2.21. The van der Waals surface area contributed by atoms with Gasteiger partial charge in [0.25, 0.3) is 0 Å². The van der Waals surface area contributed by atoms with Crippen LogP contribution in [0.5, 0.6) is 0 Å². The molecule has 1 heterocycles. The molecule has 0 amide bonds. The number of anilines is 1. The molecule has 0 atom stereocenters. The van der Waals surface area contributed by atoms with Gasteiger partial charge in [-0.3, -0.25) is 0 Å². The van der Waals surface area contributed by atoms with Crippen molar-refractivity contribution in [1.82, 2.24) is 10.3 Å². The van der Waals surface area contributed by atoms with Gasteiger partial charge in [0, 0.05) is 25.5 Å². The van der Waals surface area contributed by atoms with E-state index in [1.807, 2.05) is 0 Å². The Morgan fingerprint density at radius 1 is 1.37 bits per heavy atom. The molecular weight excluding hydrogens is 254 g/mol. The molecule has 3 nitrogen and oxygen atoms in total. The molecule has 0 bridgehead atoms. The van der Waals surface area contributed by atoms with Gasteiger partial charge in [-0.05, 0) is 19.0 Å². The predicted molar refractivity (Wildman–Crippen MR) is 82.8 cm³/mol. The minimum atomic E-state index is 0.852. The fourth-order valence-corrected chi connectivity index (χ4v) is 2.75. The van der Waals surface area contributed by atoms with Crippen LogP contribution >= 0.6 is 11.3 Å². The molecule has 0 aliphatic heterocycles. The number of rotatable bonds is 6. The van der Waals surface area contributed by atoms with E-state index >= 15 is 0 Å². The van der Waals surface area contributed by atoms with Crippen LogP contribution in [0, 0.1) is 6.92 Å². The van der Waals surface area contributed by atoms with Crippen molar-refractivity contribution in [3.63, 3.8) is 0 Å². The van der Waals surface area contributed by atoms with Crippen LogP contribution in [0.15, 0.2) is 29.6 Å². The number of benzene rings is 1. The van der Waals surface area contributed by atoms with E-state index in [4.69, 9.17) is 0 Å². The van der Waals surface area contributed by atoms with Gasteiger partial charge in [0.1, 0.15) is 0 Å². The van der Waals surface area contributed by atoms with Crippen LogP contribution in [0.2, 0.25) is 0 Å². The lowest BCUT2D eigenvalue weighted by atomic mass is 10.1. The molecule has 102 valence electrons. The Balaban J connectivity index is 1.99. The molecule has 1 aromatic carbocycles. The average molecular weight is 275 g/mol. The van der Waals surface area contributed by atoms with Crippen LogP contribution in [-0.4, -0.2) is 18.6 Å². The number of hydrogen-bond donors (Lipinski definition) is 1. The van der Waals surface area contributed by atoms with Crippen molar-refractivity contribution < 1.29 is 0 Å². The zero-order valence-electron chi connectivity index (χ0n) is 11.8. The van der Waals surface area contributed by atoms with Gasteiger partial charge in [-0.15, -0.1) is 11.3 Å². The second-order valence-corrected chi connectivity index (χ2v) is 5.58. The monoisotopic (exact) mass is 275 g/mol. The zero-order valence-corrected chi connectivity index (χ0v) is 12.6. The molecule has 0 unspecified atom stereocenters. The molecule has 0 fully saturated rings. The third-order valence-corrected chi connectivity index (χ3v) is 3.93. The first-order valence-corrected chi connectivity index (χ1v) is 7.49. The highest BCUT2D eigenvalue weighted by Gasteiger charge is 2.07. The Morgan fingerprint density at radius 2 is 2.21 bits per heavy atom. The highest BCUT2D eigenvalue weighted by molar-refractivity contribution is 7.13. The molecule has 1 N–H and O–H groups in total. The van der Waals surface area contributed by atoms with E-state index in [0.717, 1.165) is 30.5 Å². The van der Waals surface area contributed by atoms with Crippen LogP contribution in [0.4, 0.5) is 5.13 Å². The molecule has 1 aromatic heterocycles. The third-order valence-electron chi connectivity index (χ3n) is 2.92. The van der Waals surface area contributed by atoms with Crippen LogP contribution in [0.3, 0.4) is 0 Å². The summed E-state index contributed by atoms with van der Waals surface area (Å²) in [7, 11) is 2.10. The van der Waals surface area contributed by atoms with Crippen molar-refractivity contribution in [2.24, 2.45) is 0 Å². The first-order chi connectivity index (χ1) is 9.19. The zero-order chi connectivity index (χ0) is 13.7. The number of nitrogens with zero attached hydrogens (tertiary/aromatic N) is 2. The summed E-state index contributed by atoms with van der Waals surface area (Å²) < 4.78 is 0. The van der Waals surface area contributed by atoms with E-state index in [1.54, 1.807) is 11.3 Å². The Bertz CT molecular complexity index is 522. The lowest BCUT2D eigenvalue weighted by Crippen LogP contribution is -2.17. The number of thiazole rings is 1. The lowest BCUT2D eigenvalue weighted by Gasteiger charge is -2.16. The largest absolute Gasteiger partial charge is 0.347 e. The summed E-state index contributed by atoms with van der Waals surface area (Å²) in [6.07, 6.45) is 0. The fourth-order valence-electron chi connectivity index (χ4n) is 1.96. The molecule has 2 rings (SSSR count). The van der Waals surface area contributed by atoms with Crippen molar-refractivity contribution in [3.8, 4) is 0 Å². The molecule has 0 spiro atoms. The summed E-state index contributed by atoms with van der Waals surface area (Å²) in [4.78, 5) is 6.85. The van der Waals surface area contributed by atoms with Crippen molar-refractivity contribution in [1.29, 1.82) is 0 Å². The van der Waals surface area contributed by atoms with Gasteiger partial charge < -0.3 is 10.2 Å². The van der Waals surface area contributed by atoms with Crippen molar-refractivity contribution in [3.05, 3.63) is 46.5 Å². The normalized spacial score (nSPS) is 10.7. The Morgan fingerprint density at radius 3 is 2.95 bits per heavy atom. The molecule has 2 aromatic rings. The number of aryl methyl sites for hydroxylation is 1. The fraction of sp³-hybridized carbons (Fsp3) is 0.400. The Kier molecular flexibility index (Phi) is 4.93. The second-order valence-electron chi connectivity index (χ2n) is 4.75. The molecule has 0 saturated carbocycles. The van der Waals surface area contributed by atoms with Gasteiger partial charge in [0.05, 0.1) is 5.69 Å². The quantitative estimate of drug-likeness (QED) is 0.877. The summed E-state index contributed by atoms with van der Waals surface area (Å²) in [5.41, 5.74) is 3.75. The number of aromatic nitrogens is 1. The first kappa shape index (κ1) is 14.0. The van der Waals surface area contributed by atoms with Crippen LogP contribution in [-0.2, 0) is 13.1 Å². The summed E-state index contributed by atoms with van der Waals surface area (Å²) in [6, 6.07) is 8.62. The van der Waals surface area contributed by atoms with E-state index in [2.05, 4.69) is 65.7 Å². The van der Waals surface area contributed by atoms with Crippen molar-refractivity contribution in [2.45, 2.75) is 26.9 Å². The highest BCUT2D eigenvalue weighted by atomic mass is 32.1. The molecule has 0 saturated heterocycles. The van der Waals surface area contributed by atoms with Gasteiger partial charge >= 0.3 is 0 Å². The van der Waals surface area contributed by atoms with Crippen LogP contribution < -0.4 is 10.2 Å². The Hall–Kier alpha value is -1.39. The van der Waals surface area contributed by atoms with Crippen LogP contribution in [0.1, 0.15) is 23.7 Å². The van der Waals surface area contributed by atoms with Gasteiger partial charge in [0.15, 0.2) is 5.13 Å². The second kappa shape index (κ2) is 6.68. The number of hydrogen-bond acceptors (Lipinski definition) is 4. The molecule has 0 radical (unpaired) electrons. The van der Waals surface area contributed by atoms with E-state index in [9.17, 15) is 0 Å². The summed E-state index contributed by atoms with van der Waals surface area (Å²) in [5, 5.41) is 6.51. The molecule has 19 heavy (non-hydrogen) atoms. The third kappa shape index (κ3) is 4.04. The van der Waals surface area contributed by atoms with Gasteiger partial charge in [-0.25, -0.2) is 4.98 Å². The van der Waals surface area contributed by atoms with Gasteiger partial charge in [0.2, 0.25) is 0 Å². The van der Waals surface area contributed by atoms with E-state index < -0.39 is 0 Å². The maximum absolute atomic E-state index is 4.65. The van der Waals surface area contributed by atoms with Gasteiger partial charge in [-0.2, -0.15) is 0 Å². The predicted octanol–water partition coefficient (Wildman–Crippen LogP) is 3.20. The van der Waals surface area contributed by atoms with Gasteiger partial charge in [-0.1, -0.05) is 36.8 Å². The minimum absolute atomic E-state index is 0.852. The SMILES string of the molecule is CCNCc1csc(N(C)Cc2cccc(C)c2)n1. The van der Waals surface area contributed by atoms with Crippen molar-refractivity contribution in [2.75, 3.05) is 18.5 Å². The molecular formula is C15H21N3S. The number of nitrogens with one attached hydrogen (secondary N) is 1. The average Bonchev–Trinajstić information content (AvgIpc) is 2.85. The first-order valence-electron chi connectivity index (χ1n) is 6.61. The maximum atomic E-state index is 4.65. The van der Waals surface area contributed by atoms with E-state index in [-0.39, 0.29) is 0 Å². The summed E-state index contributed by atoms with van der Waals surface area (Å²) in [6.45, 7) is 6.96. The smallest absolute Gasteiger partial charge is 0.185 e. The Labute approximate surface area is 119 Å². The standard InChI is InChI=1S/C15H21N3S/c1-4-16-9-14-11-19-15(17-14)18(3)10-13-7-5-6-12(2)8-13/h5-8,11,16H,4,9-10H2,1-3H3. The summed E-state index contributed by atoms with van der Waals surface area (Å²) in [5.74, 6) is 0. The molecule has 0 aliphatic rings. The lowest BCUT2D eigenvalue weighted by molar-refractivity contribution is 0.713. The van der Waals surface area contributed by atoms with E-state index in [0.29, 0.717) is 0 Å². The molecule has 4 heteroatoms. The molecule has 0 aliphatic carbocycles.